The van der Waals surface area contributed by atoms with E-state index in [2.05, 4.69) is 18.2 Å². The predicted molar refractivity (Wildman–Crippen MR) is 65.9 cm³/mol. The molecule has 1 aliphatic rings. The highest BCUT2D eigenvalue weighted by Gasteiger charge is 2.14. The first-order chi connectivity index (χ1) is 7.27. The second kappa shape index (κ2) is 7.27. The lowest BCUT2D eigenvalue weighted by Crippen LogP contribution is -1.94. The molecule has 0 unspecified atom stereocenters. The molecule has 86 valence electrons. The molecule has 0 N–H and O–H groups in total. The highest BCUT2D eigenvalue weighted by molar-refractivity contribution is 5.58. The van der Waals surface area contributed by atoms with Crippen molar-refractivity contribution >= 4 is 6.08 Å². The first-order valence-electron chi connectivity index (χ1n) is 5.89. The molecule has 2 rings (SSSR count). The van der Waals surface area contributed by atoms with Gasteiger partial charge in [-0.25, -0.2) is 0 Å². The molecule has 1 aromatic rings. The van der Waals surface area contributed by atoms with Crippen LogP contribution in [-0.4, -0.2) is 5.16 Å². The van der Waals surface area contributed by atoms with Crippen LogP contribution in [0.25, 0.3) is 6.08 Å². The lowest BCUT2D eigenvalue weighted by Gasteiger charge is -2.06. The predicted octanol–water partition coefficient (Wildman–Crippen LogP) is 4.38. The van der Waals surface area contributed by atoms with Crippen LogP contribution in [0.15, 0.2) is 10.1 Å². The van der Waals surface area contributed by atoms with Crippen LogP contribution in [0.4, 0.5) is 0 Å². The number of aryl methyl sites for hydroxylation is 2. The van der Waals surface area contributed by atoms with Gasteiger partial charge in [0.2, 0.25) is 0 Å². The molecule has 0 radical (unpaired) electrons. The maximum Gasteiger partial charge on any atom is 0.144 e. The number of allylic oxidation sites excluding steroid dienone is 1. The maximum absolute atomic E-state index is 5.14. The van der Waals surface area contributed by atoms with Crippen molar-refractivity contribution in [2.24, 2.45) is 0 Å². The Hall–Kier alpha value is -1.05. The molecule has 0 saturated heterocycles. The van der Waals surface area contributed by atoms with Crippen LogP contribution < -0.4 is 0 Å². The third kappa shape index (κ3) is 3.54. The van der Waals surface area contributed by atoms with Gasteiger partial charge in [0, 0.05) is 12.0 Å². The van der Waals surface area contributed by atoms with Gasteiger partial charge in [-0.2, -0.15) is 0 Å². The van der Waals surface area contributed by atoms with Crippen molar-refractivity contribution in [2.45, 2.75) is 54.4 Å². The van der Waals surface area contributed by atoms with Crippen LogP contribution in [0, 0.1) is 6.92 Å². The van der Waals surface area contributed by atoms with Crippen LogP contribution in [0.2, 0.25) is 0 Å². The Kier molecular flexibility index (Phi) is 6.76. The minimum Gasteiger partial charge on any atom is -0.360 e. The molecule has 1 aromatic heterocycles. The van der Waals surface area contributed by atoms with Gasteiger partial charge < -0.3 is 4.52 Å². The second-order valence-electron chi connectivity index (χ2n) is 3.10. The number of fused-ring (bicyclic) bond motifs is 1. The van der Waals surface area contributed by atoms with Crippen LogP contribution in [0.3, 0.4) is 0 Å². The number of rotatable bonds is 0. The summed E-state index contributed by atoms with van der Waals surface area (Å²) in [6.45, 7) is 12.1. The van der Waals surface area contributed by atoms with E-state index in [4.69, 9.17) is 4.52 Å². The van der Waals surface area contributed by atoms with Gasteiger partial charge in [0.1, 0.15) is 5.76 Å². The molecule has 0 saturated carbocycles. The average molecular weight is 209 g/mol. The smallest absolute Gasteiger partial charge is 0.144 e. The largest absolute Gasteiger partial charge is 0.360 e. The Morgan fingerprint density at radius 2 is 1.67 bits per heavy atom. The van der Waals surface area contributed by atoms with Gasteiger partial charge >= 0.3 is 0 Å². The van der Waals surface area contributed by atoms with E-state index in [1.807, 2.05) is 34.6 Å². The zero-order chi connectivity index (χ0) is 11.8. The number of aromatic nitrogens is 1. The Morgan fingerprint density at radius 1 is 1.07 bits per heavy atom. The van der Waals surface area contributed by atoms with Gasteiger partial charge in [0.15, 0.2) is 0 Å². The quantitative estimate of drug-likeness (QED) is 0.633. The summed E-state index contributed by atoms with van der Waals surface area (Å²) >= 11 is 0. The molecule has 2 nitrogen and oxygen atoms in total. The van der Waals surface area contributed by atoms with E-state index in [0.29, 0.717) is 0 Å². The van der Waals surface area contributed by atoms with Crippen LogP contribution in [0.1, 0.15) is 58.1 Å². The SMILES string of the molecule is CC.CC.CC1=Cc2c(C)noc2CC1. The van der Waals surface area contributed by atoms with E-state index < -0.39 is 0 Å². The van der Waals surface area contributed by atoms with Crippen molar-refractivity contribution in [3.8, 4) is 0 Å². The van der Waals surface area contributed by atoms with Crippen LogP contribution in [0.5, 0.6) is 0 Å². The van der Waals surface area contributed by atoms with E-state index in [-0.39, 0.29) is 0 Å². The fourth-order valence-electron chi connectivity index (χ4n) is 1.42. The summed E-state index contributed by atoms with van der Waals surface area (Å²) in [7, 11) is 0. The molecule has 0 amide bonds. The molecule has 1 heterocycles. The van der Waals surface area contributed by atoms with E-state index in [0.717, 1.165) is 24.3 Å². The van der Waals surface area contributed by atoms with E-state index in [1.165, 1.54) is 11.1 Å². The zero-order valence-electron chi connectivity index (χ0n) is 10.8. The first kappa shape index (κ1) is 13.9. The van der Waals surface area contributed by atoms with Gasteiger partial charge in [-0.15, -0.1) is 0 Å². The highest BCUT2D eigenvalue weighted by Crippen LogP contribution is 2.25. The number of hydrogen-bond donors (Lipinski definition) is 0. The van der Waals surface area contributed by atoms with Crippen molar-refractivity contribution in [3.63, 3.8) is 0 Å². The number of hydrogen-bond acceptors (Lipinski definition) is 2. The fraction of sp³-hybridized carbons (Fsp3) is 0.615. The van der Waals surface area contributed by atoms with E-state index in [1.54, 1.807) is 0 Å². The Bertz CT molecular complexity index is 310. The Balaban J connectivity index is 0.000000442. The van der Waals surface area contributed by atoms with E-state index >= 15 is 0 Å². The van der Waals surface area contributed by atoms with Crippen molar-refractivity contribution in [1.82, 2.24) is 5.16 Å². The molecule has 0 aliphatic heterocycles. The monoisotopic (exact) mass is 209 g/mol. The van der Waals surface area contributed by atoms with Gasteiger partial charge in [-0.05, 0) is 20.3 Å². The topological polar surface area (TPSA) is 26.0 Å². The van der Waals surface area contributed by atoms with Crippen molar-refractivity contribution in [1.29, 1.82) is 0 Å². The van der Waals surface area contributed by atoms with Gasteiger partial charge in [0.05, 0.1) is 5.69 Å². The normalized spacial score (nSPS) is 12.5. The highest BCUT2D eigenvalue weighted by atomic mass is 16.5. The summed E-state index contributed by atoms with van der Waals surface area (Å²) in [4.78, 5) is 0. The number of nitrogens with zero attached hydrogens (tertiary/aromatic N) is 1. The van der Waals surface area contributed by atoms with Gasteiger partial charge in [-0.3, -0.25) is 0 Å². The molecule has 0 bridgehead atoms. The molecule has 0 fully saturated rings. The summed E-state index contributed by atoms with van der Waals surface area (Å²) < 4.78 is 5.14. The Morgan fingerprint density at radius 3 is 2.27 bits per heavy atom. The molecular formula is C13H23NO. The second-order valence-corrected chi connectivity index (χ2v) is 3.10. The standard InChI is InChI=1S/C9H11NO.2C2H6/c1-6-3-4-9-8(5-6)7(2)10-11-9;2*1-2/h5H,3-4H2,1-2H3;2*1-2H3. The van der Waals surface area contributed by atoms with E-state index in [9.17, 15) is 0 Å². The average Bonchev–Trinajstić information content (AvgIpc) is 2.66. The van der Waals surface area contributed by atoms with Crippen LogP contribution >= 0.6 is 0 Å². The lowest BCUT2D eigenvalue weighted by molar-refractivity contribution is 0.378. The lowest BCUT2D eigenvalue weighted by atomic mass is 9.98. The fourth-order valence-corrected chi connectivity index (χ4v) is 1.42. The Labute approximate surface area is 93.4 Å². The van der Waals surface area contributed by atoms with Crippen molar-refractivity contribution in [2.75, 3.05) is 0 Å². The van der Waals surface area contributed by atoms with Gasteiger partial charge in [0.25, 0.3) is 0 Å². The summed E-state index contributed by atoms with van der Waals surface area (Å²) in [6, 6.07) is 0. The molecular weight excluding hydrogens is 186 g/mol. The van der Waals surface area contributed by atoms with Crippen molar-refractivity contribution < 1.29 is 4.52 Å². The molecule has 0 spiro atoms. The van der Waals surface area contributed by atoms with Crippen molar-refractivity contribution in [3.05, 3.63) is 22.6 Å². The molecule has 0 aromatic carbocycles. The zero-order valence-corrected chi connectivity index (χ0v) is 10.8. The minimum atomic E-state index is 1.01. The maximum atomic E-state index is 5.14. The first-order valence-corrected chi connectivity index (χ1v) is 5.89. The summed E-state index contributed by atoms with van der Waals surface area (Å²) in [5.41, 5.74) is 3.64. The molecule has 1 aliphatic carbocycles. The minimum absolute atomic E-state index is 1.01. The molecule has 2 heteroatoms. The molecule has 0 atom stereocenters. The summed E-state index contributed by atoms with van der Waals surface area (Å²) in [5, 5.41) is 3.91. The van der Waals surface area contributed by atoms with Gasteiger partial charge in [-0.1, -0.05) is 44.5 Å². The third-order valence-corrected chi connectivity index (χ3v) is 2.12. The third-order valence-electron chi connectivity index (χ3n) is 2.12. The summed E-state index contributed by atoms with van der Waals surface area (Å²) in [5.74, 6) is 1.05. The summed E-state index contributed by atoms with van der Waals surface area (Å²) in [6.07, 6.45) is 4.30. The molecule has 15 heavy (non-hydrogen) atoms. The van der Waals surface area contributed by atoms with Crippen LogP contribution in [-0.2, 0) is 6.42 Å².